The van der Waals surface area contributed by atoms with E-state index in [0.29, 0.717) is 5.71 Å². The Morgan fingerprint density at radius 1 is 1.13 bits per heavy atom. The Hall–Kier alpha value is -2.31. The molecule has 0 radical (unpaired) electrons. The number of carbonyl (C=O) groups is 2. The van der Waals surface area contributed by atoms with Crippen LogP contribution in [-0.2, 0) is 19.2 Å². The third-order valence-electron chi connectivity index (χ3n) is 3.97. The molecule has 1 spiro atoms. The molecule has 2 aliphatic rings. The highest BCUT2D eigenvalue weighted by molar-refractivity contribution is 6.10. The fourth-order valence-corrected chi connectivity index (χ4v) is 3.18. The summed E-state index contributed by atoms with van der Waals surface area (Å²) in [6.45, 7) is 3.92. The number of carbonyl (C=O) groups excluding carboxylic acids is 2. The Labute approximate surface area is 133 Å². The van der Waals surface area contributed by atoms with Gasteiger partial charge in [-0.1, -0.05) is 35.5 Å². The van der Waals surface area contributed by atoms with Gasteiger partial charge >= 0.3 is 0 Å². The molecular formula is C17H17NO5. The summed E-state index contributed by atoms with van der Waals surface area (Å²) in [4.78, 5) is 29.5. The Morgan fingerprint density at radius 3 is 2.30 bits per heavy atom. The standard InChI is InChI=1S/C17H17NO5/c1-10(19)14-15(11(2)20)17(22-16(14,3)21)9-13(18-23-17)12-7-5-4-6-8-12/h4-8,21H,9H2,1-3H3/t16-,17-/m0/s1. The van der Waals surface area contributed by atoms with Gasteiger partial charge in [0.15, 0.2) is 17.4 Å². The van der Waals surface area contributed by atoms with Crippen molar-refractivity contribution in [2.75, 3.05) is 0 Å². The minimum Gasteiger partial charge on any atom is -0.362 e. The molecule has 2 aliphatic heterocycles. The number of Topliss-reactive ketones (excluding diaryl/α,β-unsaturated/α-hetero) is 2. The van der Waals surface area contributed by atoms with Crippen molar-refractivity contribution < 1.29 is 24.3 Å². The molecule has 2 heterocycles. The third-order valence-corrected chi connectivity index (χ3v) is 3.97. The number of oxime groups is 1. The second kappa shape index (κ2) is 5.11. The van der Waals surface area contributed by atoms with Crippen LogP contribution in [0.3, 0.4) is 0 Å². The average Bonchev–Trinajstić information content (AvgIpc) is 2.98. The van der Waals surface area contributed by atoms with Gasteiger partial charge in [-0.25, -0.2) is 0 Å². The molecule has 3 rings (SSSR count). The van der Waals surface area contributed by atoms with Crippen molar-refractivity contribution in [3.63, 3.8) is 0 Å². The highest BCUT2D eigenvalue weighted by atomic mass is 16.8. The van der Waals surface area contributed by atoms with E-state index in [4.69, 9.17) is 9.57 Å². The van der Waals surface area contributed by atoms with E-state index >= 15 is 0 Å². The summed E-state index contributed by atoms with van der Waals surface area (Å²) in [7, 11) is 0. The van der Waals surface area contributed by atoms with Crippen LogP contribution in [0.5, 0.6) is 0 Å². The lowest BCUT2D eigenvalue weighted by Gasteiger charge is -2.26. The van der Waals surface area contributed by atoms with Gasteiger partial charge in [-0.05, 0) is 26.3 Å². The van der Waals surface area contributed by atoms with Gasteiger partial charge in [0, 0.05) is 0 Å². The van der Waals surface area contributed by atoms with Crippen LogP contribution in [0.25, 0.3) is 0 Å². The van der Waals surface area contributed by atoms with Gasteiger partial charge in [-0.3, -0.25) is 14.3 Å². The van der Waals surface area contributed by atoms with E-state index < -0.39 is 23.1 Å². The summed E-state index contributed by atoms with van der Waals surface area (Å²) in [6, 6.07) is 9.31. The van der Waals surface area contributed by atoms with Crippen LogP contribution in [-0.4, -0.2) is 34.0 Å². The zero-order chi connectivity index (χ0) is 16.8. The van der Waals surface area contributed by atoms with E-state index in [1.807, 2.05) is 30.3 Å². The second-order valence-corrected chi connectivity index (χ2v) is 5.87. The fraction of sp³-hybridized carbons (Fsp3) is 0.353. The zero-order valence-corrected chi connectivity index (χ0v) is 13.1. The van der Waals surface area contributed by atoms with Crippen LogP contribution >= 0.6 is 0 Å². The Balaban J connectivity index is 2.05. The largest absolute Gasteiger partial charge is 0.362 e. The number of hydrogen-bond acceptors (Lipinski definition) is 6. The van der Waals surface area contributed by atoms with Crippen molar-refractivity contribution in [3.05, 3.63) is 47.0 Å². The Kier molecular flexibility index (Phi) is 3.46. The summed E-state index contributed by atoms with van der Waals surface area (Å²) < 4.78 is 5.60. The molecule has 0 aromatic heterocycles. The highest BCUT2D eigenvalue weighted by Crippen LogP contribution is 2.47. The minimum absolute atomic E-state index is 0.0321. The van der Waals surface area contributed by atoms with Gasteiger partial charge in [-0.15, -0.1) is 0 Å². The summed E-state index contributed by atoms with van der Waals surface area (Å²) in [5.41, 5.74) is 1.37. The molecule has 120 valence electrons. The molecule has 6 heteroatoms. The molecule has 0 amide bonds. The second-order valence-electron chi connectivity index (χ2n) is 5.87. The lowest BCUT2D eigenvalue weighted by atomic mass is 9.90. The number of rotatable bonds is 3. The minimum atomic E-state index is -1.89. The molecule has 0 saturated heterocycles. The predicted octanol–water partition coefficient (Wildman–Crippen LogP) is 1.72. The SMILES string of the molecule is CC(=O)C1=C(C(C)=O)[C@@](C)(O)O[C@]12CC(c1ccccc1)=NO2. The van der Waals surface area contributed by atoms with Crippen molar-refractivity contribution in [1.29, 1.82) is 0 Å². The first-order valence-corrected chi connectivity index (χ1v) is 7.27. The number of ketones is 2. The lowest BCUT2D eigenvalue weighted by molar-refractivity contribution is -0.281. The van der Waals surface area contributed by atoms with Crippen molar-refractivity contribution >= 4 is 17.3 Å². The molecule has 0 fully saturated rings. The average molecular weight is 315 g/mol. The van der Waals surface area contributed by atoms with E-state index in [2.05, 4.69) is 5.16 Å². The molecule has 0 unspecified atom stereocenters. The third kappa shape index (κ3) is 2.40. The molecule has 1 aromatic carbocycles. The summed E-state index contributed by atoms with van der Waals surface area (Å²) in [5.74, 6) is -4.28. The summed E-state index contributed by atoms with van der Waals surface area (Å²) in [6.07, 6.45) is 0.138. The normalized spacial score (nSPS) is 29.7. The smallest absolute Gasteiger partial charge is 0.275 e. The molecule has 23 heavy (non-hydrogen) atoms. The molecule has 1 aromatic rings. The van der Waals surface area contributed by atoms with E-state index in [-0.39, 0.29) is 17.6 Å². The van der Waals surface area contributed by atoms with Crippen LogP contribution in [0, 0.1) is 0 Å². The Bertz CT molecular complexity index is 748. The lowest BCUT2D eigenvalue weighted by Crippen LogP contribution is -2.39. The number of nitrogens with zero attached hydrogens (tertiary/aromatic N) is 1. The van der Waals surface area contributed by atoms with Gasteiger partial charge in [0.1, 0.15) is 0 Å². The molecule has 6 nitrogen and oxygen atoms in total. The number of aliphatic hydroxyl groups is 1. The van der Waals surface area contributed by atoms with Gasteiger partial charge in [-0.2, -0.15) is 0 Å². The van der Waals surface area contributed by atoms with Gasteiger partial charge in [0.25, 0.3) is 5.79 Å². The Morgan fingerprint density at radius 2 is 1.74 bits per heavy atom. The molecule has 0 saturated carbocycles. The van der Waals surface area contributed by atoms with Gasteiger partial charge in [0.2, 0.25) is 0 Å². The van der Waals surface area contributed by atoms with Crippen LogP contribution in [0.2, 0.25) is 0 Å². The van der Waals surface area contributed by atoms with Crippen molar-refractivity contribution in [3.8, 4) is 0 Å². The first kappa shape index (κ1) is 15.6. The van der Waals surface area contributed by atoms with E-state index in [1.54, 1.807) is 0 Å². The van der Waals surface area contributed by atoms with Crippen molar-refractivity contribution in [2.45, 2.75) is 38.8 Å². The maximum absolute atomic E-state index is 12.1. The van der Waals surface area contributed by atoms with E-state index in [0.717, 1.165) is 5.56 Å². The number of benzene rings is 1. The number of ether oxygens (including phenoxy) is 1. The van der Waals surface area contributed by atoms with Crippen LogP contribution < -0.4 is 0 Å². The molecule has 0 aliphatic carbocycles. The fourth-order valence-electron chi connectivity index (χ4n) is 3.18. The topological polar surface area (TPSA) is 85.2 Å². The molecule has 2 atom stereocenters. The molecular weight excluding hydrogens is 298 g/mol. The van der Waals surface area contributed by atoms with Crippen molar-refractivity contribution in [1.82, 2.24) is 0 Å². The van der Waals surface area contributed by atoms with E-state index in [9.17, 15) is 14.7 Å². The highest BCUT2D eigenvalue weighted by Gasteiger charge is 2.60. The molecule has 0 bridgehead atoms. The zero-order valence-electron chi connectivity index (χ0n) is 13.1. The van der Waals surface area contributed by atoms with E-state index in [1.165, 1.54) is 20.8 Å². The van der Waals surface area contributed by atoms with Crippen LogP contribution in [0.1, 0.15) is 32.8 Å². The summed E-state index contributed by atoms with van der Waals surface area (Å²) >= 11 is 0. The van der Waals surface area contributed by atoms with Gasteiger partial charge < -0.3 is 9.94 Å². The quantitative estimate of drug-likeness (QED) is 0.918. The summed E-state index contributed by atoms with van der Waals surface area (Å²) in [5, 5.41) is 14.5. The maximum atomic E-state index is 12.1. The molecule has 1 N–H and O–H groups in total. The van der Waals surface area contributed by atoms with Crippen LogP contribution in [0.4, 0.5) is 0 Å². The predicted molar refractivity (Wildman–Crippen MR) is 81.5 cm³/mol. The van der Waals surface area contributed by atoms with Crippen molar-refractivity contribution in [2.24, 2.45) is 5.16 Å². The van der Waals surface area contributed by atoms with Crippen LogP contribution in [0.15, 0.2) is 46.6 Å². The monoisotopic (exact) mass is 315 g/mol. The maximum Gasteiger partial charge on any atom is 0.275 e. The first-order chi connectivity index (χ1) is 10.8. The van der Waals surface area contributed by atoms with Gasteiger partial charge in [0.05, 0.1) is 23.3 Å². The first-order valence-electron chi connectivity index (χ1n) is 7.27. The number of hydrogen-bond donors (Lipinski definition) is 1.